The molecular weight excluding hydrogens is 190 g/mol. The second kappa shape index (κ2) is 4.34. The molecule has 0 aliphatic rings. The molecule has 1 unspecified atom stereocenters. The van der Waals surface area contributed by atoms with Gasteiger partial charge in [-0.05, 0) is 12.1 Å². The molecule has 1 aromatic carbocycles. The topological polar surface area (TPSA) is 61.3 Å². The van der Waals surface area contributed by atoms with E-state index in [2.05, 4.69) is 0 Å². The molecule has 0 spiro atoms. The van der Waals surface area contributed by atoms with Crippen LogP contribution in [0.4, 0.5) is 8.78 Å². The Kier molecular flexibility index (Phi) is 3.38. The van der Waals surface area contributed by atoms with Crippen LogP contribution >= 0.6 is 0 Å². The van der Waals surface area contributed by atoms with E-state index in [0.29, 0.717) is 0 Å². The summed E-state index contributed by atoms with van der Waals surface area (Å²) in [6, 6.07) is 1.55. The zero-order valence-electron chi connectivity index (χ0n) is 7.76. The summed E-state index contributed by atoms with van der Waals surface area (Å²) < 4.78 is 31.0. The summed E-state index contributed by atoms with van der Waals surface area (Å²) in [6.45, 7) is 0.0245. The van der Waals surface area contributed by atoms with Gasteiger partial charge < -0.3 is 16.2 Å². The van der Waals surface area contributed by atoms with Gasteiger partial charge in [0.2, 0.25) is 0 Å². The number of hydrogen-bond donors (Lipinski definition) is 2. The highest BCUT2D eigenvalue weighted by molar-refractivity contribution is 5.37. The van der Waals surface area contributed by atoms with Gasteiger partial charge in [-0.2, -0.15) is 0 Å². The van der Waals surface area contributed by atoms with E-state index < -0.39 is 17.7 Å². The molecule has 0 saturated carbocycles. The summed E-state index contributed by atoms with van der Waals surface area (Å²) in [5.41, 5.74) is 10.8. The van der Waals surface area contributed by atoms with Crippen molar-refractivity contribution in [3.05, 3.63) is 29.3 Å². The molecule has 0 aliphatic carbocycles. The Balaban J connectivity index is 3.27. The predicted octanol–water partition coefficient (Wildman–Crippen LogP) is 0.932. The van der Waals surface area contributed by atoms with Crippen LogP contribution in [0, 0.1) is 11.6 Å². The van der Waals surface area contributed by atoms with E-state index in [0.717, 1.165) is 6.07 Å². The second-order valence-electron chi connectivity index (χ2n) is 2.82. The molecule has 5 heteroatoms. The molecule has 3 nitrogen and oxygen atoms in total. The fourth-order valence-corrected chi connectivity index (χ4v) is 1.19. The second-order valence-corrected chi connectivity index (χ2v) is 2.82. The van der Waals surface area contributed by atoms with Crippen LogP contribution < -0.4 is 16.2 Å². The Morgan fingerprint density at radius 2 is 2.07 bits per heavy atom. The minimum absolute atomic E-state index is 0.0185. The molecule has 0 saturated heterocycles. The van der Waals surface area contributed by atoms with Crippen LogP contribution in [0.2, 0.25) is 0 Å². The van der Waals surface area contributed by atoms with Gasteiger partial charge >= 0.3 is 0 Å². The molecular formula is C9H12F2N2O. The van der Waals surface area contributed by atoms with Crippen LogP contribution in [0.5, 0.6) is 5.75 Å². The highest BCUT2D eigenvalue weighted by Crippen LogP contribution is 2.27. The Morgan fingerprint density at radius 3 is 2.57 bits per heavy atom. The Bertz CT molecular complexity index is 331. The van der Waals surface area contributed by atoms with Gasteiger partial charge in [-0.25, -0.2) is 8.78 Å². The minimum Gasteiger partial charge on any atom is -0.496 e. The standard InChI is InChI=1S/C9H12F2N2O/c1-14-7-3-2-5(10)9(11)8(7)6(13)4-12/h2-3,6H,4,12-13H2,1H3. The van der Waals surface area contributed by atoms with E-state index in [1.54, 1.807) is 0 Å². The van der Waals surface area contributed by atoms with Crippen molar-refractivity contribution in [3.8, 4) is 5.75 Å². The predicted molar refractivity (Wildman–Crippen MR) is 48.9 cm³/mol. The monoisotopic (exact) mass is 202 g/mol. The van der Waals surface area contributed by atoms with E-state index in [4.69, 9.17) is 16.2 Å². The van der Waals surface area contributed by atoms with E-state index in [-0.39, 0.29) is 17.9 Å². The zero-order valence-corrected chi connectivity index (χ0v) is 7.76. The van der Waals surface area contributed by atoms with E-state index in [9.17, 15) is 8.78 Å². The smallest absolute Gasteiger partial charge is 0.167 e. The van der Waals surface area contributed by atoms with Crippen molar-refractivity contribution in [2.75, 3.05) is 13.7 Å². The quantitative estimate of drug-likeness (QED) is 0.766. The summed E-state index contributed by atoms with van der Waals surface area (Å²) in [7, 11) is 1.36. The van der Waals surface area contributed by atoms with Crippen molar-refractivity contribution in [1.29, 1.82) is 0 Å². The first-order valence-corrected chi connectivity index (χ1v) is 4.09. The molecule has 0 fully saturated rings. The third kappa shape index (κ3) is 1.83. The molecule has 4 N–H and O–H groups in total. The number of benzene rings is 1. The molecule has 1 atom stereocenters. The van der Waals surface area contributed by atoms with Gasteiger partial charge in [-0.1, -0.05) is 0 Å². The lowest BCUT2D eigenvalue weighted by molar-refractivity contribution is 0.392. The van der Waals surface area contributed by atoms with Crippen LogP contribution in [0.25, 0.3) is 0 Å². The molecule has 0 heterocycles. The molecule has 1 rings (SSSR count). The van der Waals surface area contributed by atoms with Crippen molar-refractivity contribution in [3.63, 3.8) is 0 Å². The lowest BCUT2D eigenvalue weighted by atomic mass is 10.1. The van der Waals surface area contributed by atoms with Gasteiger partial charge in [-0.3, -0.25) is 0 Å². The summed E-state index contributed by atoms with van der Waals surface area (Å²) >= 11 is 0. The number of halogens is 2. The molecule has 0 aliphatic heterocycles. The Hall–Kier alpha value is -1.20. The maximum absolute atomic E-state index is 13.3. The number of ether oxygens (including phenoxy) is 1. The summed E-state index contributed by atoms with van der Waals surface area (Å²) in [6.07, 6.45) is 0. The van der Waals surface area contributed by atoms with Gasteiger partial charge in [0.05, 0.1) is 12.7 Å². The third-order valence-corrected chi connectivity index (χ3v) is 1.94. The average molecular weight is 202 g/mol. The Labute approximate surface area is 80.7 Å². The van der Waals surface area contributed by atoms with Crippen LogP contribution in [-0.4, -0.2) is 13.7 Å². The molecule has 0 aromatic heterocycles. The largest absolute Gasteiger partial charge is 0.496 e. The number of nitrogens with two attached hydrogens (primary N) is 2. The van der Waals surface area contributed by atoms with E-state index in [1.807, 2.05) is 0 Å². The molecule has 14 heavy (non-hydrogen) atoms. The van der Waals surface area contributed by atoms with Gasteiger partial charge in [-0.15, -0.1) is 0 Å². The Morgan fingerprint density at radius 1 is 1.43 bits per heavy atom. The lowest BCUT2D eigenvalue weighted by Crippen LogP contribution is -2.23. The highest BCUT2D eigenvalue weighted by atomic mass is 19.2. The summed E-state index contributed by atoms with van der Waals surface area (Å²) in [4.78, 5) is 0. The fraction of sp³-hybridized carbons (Fsp3) is 0.333. The molecule has 0 bridgehead atoms. The van der Waals surface area contributed by atoms with Gasteiger partial charge in [0, 0.05) is 12.6 Å². The first kappa shape index (κ1) is 10.9. The maximum atomic E-state index is 13.3. The number of hydrogen-bond acceptors (Lipinski definition) is 3. The number of methoxy groups -OCH3 is 1. The van der Waals surface area contributed by atoms with Crippen molar-refractivity contribution in [2.45, 2.75) is 6.04 Å². The average Bonchev–Trinajstić information content (AvgIpc) is 2.20. The van der Waals surface area contributed by atoms with Crippen molar-refractivity contribution >= 4 is 0 Å². The first-order valence-electron chi connectivity index (χ1n) is 4.09. The number of rotatable bonds is 3. The van der Waals surface area contributed by atoms with Crippen LogP contribution in [-0.2, 0) is 0 Å². The SMILES string of the molecule is COc1ccc(F)c(F)c1C(N)CN. The fourth-order valence-electron chi connectivity index (χ4n) is 1.19. The zero-order chi connectivity index (χ0) is 10.7. The molecule has 0 radical (unpaired) electrons. The first-order chi connectivity index (χ1) is 6.61. The van der Waals surface area contributed by atoms with Crippen molar-refractivity contribution < 1.29 is 13.5 Å². The van der Waals surface area contributed by atoms with E-state index in [1.165, 1.54) is 13.2 Å². The summed E-state index contributed by atoms with van der Waals surface area (Å²) in [5, 5.41) is 0. The lowest BCUT2D eigenvalue weighted by Gasteiger charge is -2.14. The maximum Gasteiger partial charge on any atom is 0.167 e. The molecule has 78 valence electrons. The van der Waals surface area contributed by atoms with Gasteiger partial charge in [0.25, 0.3) is 0 Å². The molecule has 0 amide bonds. The normalized spacial score (nSPS) is 12.6. The highest BCUT2D eigenvalue weighted by Gasteiger charge is 2.19. The van der Waals surface area contributed by atoms with Crippen LogP contribution in [0.1, 0.15) is 11.6 Å². The van der Waals surface area contributed by atoms with Crippen molar-refractivity contribution in [1.82, 2.24) is 0 Å². The molecule has 1 aromatic rings. The van der Waals surface area contributed by atoms with Crippen molar-refractivity contribution in [2.24, 2.45) is 11.5 Å². The summed E-state index contributed by atoms with van der Waals surface area (Å²) in [5.74, 6) is -1.74. The third-order valence-electron chi connectivity index (χ3n) is 1.94. The van der Waals surface area contributed by atoms with E-state index >= 15 is 0 Å². The van der Waals surface area contributed by atoms with Crippen LogP contribution in [0.15, 0.2) is 12.1 Å². The van der Waals surface area contributed by atoms with Gasteiger partial charge in [0.1, 0.15) is 5.75 Å². The van der Waals surface area contributed by atoms with Gasteiger partial charge in [0.15, 0.2) is 11.6 Å². The van der Waals surface area contributed by atoms with Crippen LogP contribution in [0.3, 0.4) is 0 Å². The minimum atomic E-state index is -0.998.